The molecule has 0 spiro atoms. The number of phosphoric ester groups is 1. The molecule has 1 saturated carbocycles. The van der Waals surface area contributed by atoms with Crippen LogP contribution in [0, 0.1) is 0 Å². The largest absolute Gasteiger partial charge is 0.472 e. The molecular weight excluding hydrogens is 819 g/mol. The molecule has 354 valence electrons. The van der Waals surface area contributed by atoms with E-state index in [0.29, 0.717) is 32.1 Å². The van der Waals surface area contributed by atoms with Crippen molar-refractivity contribution in [3.05, 3.63) is 85.1 Å². The van der Waals surface area contributed by atoms with Crippen LogP contribution in [0.1, 0.15) is 136 Å². The van der Waals surface area contributed by atoms with Crippen molar-refractivity contribution in [2.45, 2.75) is 185 Å². The van der Waals surface area contributed by atoms with Gasteiger partial charge in [0.25, 0.3) is 0 Å². The summed E-state index contributed by atoms with van der Waals surface area (Å²) in [6.45, 7) is 2.97. The molecule has 0 aromatic rings. The maximum absolute atomic E-state index is 12.8. The number of aliphatic hydroxyl groups is 6. The molecule has 0 radical (unpaired) electrons. The van der Waals surface area contributed by atoms with Gasteiger partial charge in [0.05, 0.1) is 12.7 Å². The molecule has 0 aliphatic heterocycles. The molecule has 0 aromatic heterocycles. The summed E-state index contributed by atoms with van der Waals surface area (Å²) in [6.07, 6.45) is 29.9. The van der Waals surface area contributed by atoms with Gasteiger partial charge in [-0.25, -0.2) is 4.57 Å². The third kappa shape index (κ3) is 28.6. The summed E-state index contributed by atoms with van der Waals surface area (Å²) in [5.74, 6) is -1.24. The van der Waals surface area contributed by atoms with Crippen molar-refractivity contribution in [2.24, 2.45) is 0 Å². The van der Waals surface area contributed by atoms with Gasteiger partial charge in [-0.05, 0) is 89.9 Å². The third-order valence-corrected chi connectivity index (χ3v) is 10.8. The molecule has 0 saturated heterocycles. The average Bonchev–Trinajstić information content (AvgIpc) is 3.24. The molecule has 15 heteroatoms. The number of rotatable bonds is 35. The van der Waals surface area contributed by atoms with Crippen molar-refractivity contribution in [2.75, 3.05) is 13.2 Å². The molecule has 1 aliphatic rings. The molecule has 1 aliphatic carbocycles. The Labute approximate surface area is 370 Å². The van der Waals surface area contributed by atoms with Crippen LogP contribution in [0.2, 0.25) is 0 Å². The number of aliphatic hydroxyl groups excluding tert-OH is 6. The van der Waals surface area contributed by atoms with E-state index in [-0.39, 0.29) is 18.9 Å². The van der Waals surface area contributed by atoms with Crippen molar-refractivity contribution in [1.82, 2.24) is 0 Å². The monoisotopic (exact) mass is 897 g/mol. The number of phosphoric acid groups is 1. The average molecular weight is 897 g/mol. The quantitative estimate of drug-likeness (QED) is 0.0142. The van der Waals surface area contributed by atoms with Crippen LogP contribution in [0.3, 0.4) is 0 Å². The second-order valence-electron chi connectivity index (χ2n) is 15.4. The van der Waals surface area contributed by atoms with Crippen molar-refractivity contribution >= 4 is 19.8 Å². The SMILES string of the molecule is CCCCC/C=C\C/C=C\C/C=C\CCCCC(=O)O[C@H](COC(=O)CCC/C=C\C/C=C\C/C=C\C/C=C\CC(O)CCC)COP(=O)(O)OC1[C@H](O)[C@H](O)C(O)[C@H](O)[C@H]1O. The number of allylic oxidation sites excluding steroid dienone is 13. The van der Waals surface area contributed by atoms with Gasteiger partial charge in [0, 0.05) is 12.8 Å². The number of hydrogen-bond donors (Lipinski definition) is 7. The summed E-state index contributed by atoms with van der Waals surface area (Å²) in [5, 5.41) is 59.8. The molecule has 0 bridgehead atoms. The second-order valence-corrected chi connectivity index (χ2v) is 16.8. The summed E-state index contributed by atoms with van der Waals surface area (Å²) in [6, 6.07) is 0. The van der Waals surface area contributed by atoms with Crippen LogP contribution < -0.4 is 0 Å². The van der Waals surface area contributed by atoms with Gasteiger partial charge in [-0.15, -0.1) is 0 Å². The van der Waals surface area contributed by atoms with E-state index in [1.807, 2.05) is 24.3 Å². The fraction of sp³-hybridized carbons (Fsp3) is 0.660. The van der Waals surface area contributed by atoms with Crippen molar-refractivity contribution in [3.8, 4) is 0 Å². The Morgan fingerprint density at radius 1 is 0.565 bits per heavy atom. The van der Waals surface area contributed by atoms with E-state index in [2.05, 4.69) is 74.6 Å². The molecule has 7 N–H and O–H groups in total. The van der Waals surface area contributed by atoms with Gasteiger partial charge in [-0.3, -0.25) is 18.6 Å². The zero-order chi connectivity index (χ0) is 45.9. The summed E-state index contributed by atoms with van der Waals surface area (Å²) >= 11 is 0. The number of esters is 2. The molecule has 4 unspecified atom stereocenters. The predicted octanol–water partition coefficient (Wildman–Crippen LogP) is 7.47. The van der Waals surface area contributed by atoms with Crippen LogP contribution in [-0.2, 0) is 32.7 Å². The lowest BCUT2D eigenvalue weighted by Crippen LogP contribution is -2.64. The highest BCUT2D eigenvalue weighted by Crippen LogP contribution is 2.47. The number of ether oxygens (including phenoxy) is 2. The Morgan fingerprint density at radius 3 is 1.53 bits per heavy atom. The van der Waals surface area contributed by atoms with E-state index in [9.17, 15) is 49.7 Å². The predicted molar refractivity (Wildman–Crippen MR) is 241 cm³/mol. The smallest absolute Gasteiger partial charge is 0.462 e. The van der Waals surface area contributed by atoms with Crippen LogP contribution in [0.5, 0.6) is 0 Å². The van der Waals surface area contributed by atoms with Crippen molar-refractivity contribution < 1.29 is 68.2 Å². The standard InChI is InChI=1S/C47H77O14P/c1-3-5-6-7-8-9-10-11-12-15-19-22-25-28-31-35-41(50)60-39(37-59-62(56,57)61-47-45(54)43(52)42(51)44(53)46(47)55)36-58-40(49)34-30-27-24-21-18-16-13-14-17-20-23-26-29-33-38(48)32-4-2/h8-9,11-13,16-17,19-22,24,26,29,38-39,42-48,51-55H,3-7,10,14-15,18,23,25,27-28,30-37H2,1-2H3,(H,56,57)/b9-8-,12-11-,16-13-,20-17-,22-19-,24-21-,29-26-/t38?,39-,42?,43-,44+,45-,46-,47?/m1/s1. The lowest BCUT2D eigenvalue weighted by Gasteiger charge is -2.41. The van der Waals surface area contributed by atoms with E-state index in [1.54, 1.807) is 0 Å². The fourth-order valence-electron chi connectivity index (χ4n) is 6.12. The molecule has 9 atom stereocenters. The Kier molecular flexibility index (Phi) is 33.4. The Balaban J connectivity index is 2.56. The van der Waals surface area contributed by atoms with E-state index in [1.165, 1.54) is 19.3 Å². The zero-order valence-electron chi connectivity index (χ0n) is 37.0. The van der Waals surface area contributed by atoms with E-state index in [0.717, 1.165) is 57.8 Å². The highest BCUT2D eigenvalue weighted by atomic mass is 31.2. The first-order valence-electron chi connectivity index (χ1n) is 22.5. The molecule has 0 amide bonds. The maximum Gasteiger partial charge on any atom is 0.472 e. The van der Waals surface area contributed by atoms with Gasteiger partial charge >= 0.3 is 19.8 Å². The minimum absolute atomic E-state index is 0.0240. The van der Waals surface area contributed by atoms with Gasteiger partial charge in [0.2, 0.25) is 0 Å². The van der Waals surface area contributed by atoms with Crippen LogP contribution in [0.25, 0.3) is 0 Å². The van der Waals surface area contributed by atoms with Gasteiger partial charge in [0.1, 0.15) is 43.2 Å². The number of carbonyl (C=O) groups is 2. The number of carbonyl (C=O) groups excluding carboxylic acids is 2. The maximum atomic E-state index is 12.8. The van der Waals surface area contributed by atoms with E-state index >= 15 is 0 Å². The Hall–Kier alpha value is -3.01. The van der Waals surface area contributed by atoms with E-state index in [4.69, 9.17) is 18.5 Å². The van der Waals surface area contributed by atoms with Crippen LogP contribution in [0.15, 0.2) is 85.1 Å². The highest BCUT2D eigenvalue weighted by Gasteiger charge is 2.51. The highest BCUT2D eigenvalue weighted by molar-refractivity contribution is 7.47. The van der Waals surface area contributed by atoms with Crippen molar-refractivity contribution in [1.29, 1.82) is 0 Å². The molecule has 0 heterocycles. The lowest BCUT2D eigenvalue weighted by molar-refractivity contribution is -0.220. The molecule has 14 nitrogen and oxygen atoms in total. The normalized spacial score (nSPS) is 23.2. The first kappa shape index (κ1) is 57.0. The molecule has 1 fully saturated rings. The minimum Gasteiger partial charge on any atom is -0.462 e. The van der Waals surface area contributed by atoms with Crippen LogP contribution >= 0.6 is 7.82 Å². The number of hydrogen-bond acceptors (Lipinski definition) is 13. The molecule has 62 heavy (non-hydrogen) atoms. The van der Waals surface area contributed by atoms with Crippen LogP contribution in [0.4, 0.5) is 0 Å². The molecular formula is C47H77O14P. The summed E-state index contributed by atoms with van der Waals surface area (Å²) in [5.41, 5.74) is 0. The number of unbranched alkanes of at least 4 members (excludes halogenated alkanes) is 6. The molecule has 1 rings (SSSR count). The van der Waals surface area contributed by atoms with E-state index < -0.39 is 75.7 Å². The first-order chi connectivity index (χ1) is 29.8. The Morgan fingerprint density at radius 2 is 1.02 bits per heavy atom. The van der Waals surface area contributed by atoms with Crippen LogP contribution in [-0.4, -0.2) is 110 Å². The zero-order valence-corrected chi connectivity index (χ0v) is 37.9. The summed E-state index contributed by atoms with van der Waals surface area (Å²) in [4.78, 5) is 35.6. The molecule has 0 aromatic carbocycles. The minimum atomic E-state index is -5.15. The second kappa shape index (κ2) is 36.3. The fourth-order valence-corrected chi connectivity index (χ4v) is 7.10. The Bertz CT molecular complexity index is 1420. The topological polar surface area (TPSA) is 230 Å². The van der Waals surface area contributed by atoms with Gasteiger partial charge < -0.3 is 45.0 Å². The lowest BCUT2D eigenvalue weighted by atomic mass is 9.85. The van der Waals surface area contributed by atoms with Gasteiger partial charge in [-0.2, -0.15) is 0 Å². The third-order valence-electron chi connectivity index (χ3n) is 9.76. The van der Waals surface area contributed by atoms with Gasteiger partial charge in [0.15, 0.2) is 6.10 Å². The summed E-state index contributed by atoms with van der Waals surface area (Å²) in [7, 11) is -5.15. The first-order valence-corrected chi connectivity index (χ1v) is 24.0. The van der Waals surface area contributed by atoms with Gasteiger partial charge in [-0.1, -0.05) is 118 Å². The van der Waals surface area contributed by atoms with Crippen molar-refractivity contribution in [3.63, 3.8) is 0 Å². The summed E-state index contributed by atoms with van der Waals surface area (Å²) < 4.78 is 33.4.